The summed E-state index contributed by atoms with van der Waals surface area (Å²) in [7, 11) is 0. The average molecular weight is 261 g/mol. The lowest BCUT2D eigenvalue weighted by molar-refractivity contribution is -0.147. The molecule has 0 aliphatic carbocycles. The van der Waals surface area contributed by atoms with E-state index in [4.69, 9.17) is 0 Å². The Labute approximate surface area is 110 Å². The molecule has 0 aliphatic rings. The molecule has 100 valence electrons. The molecule has 0 saturated heterocycles. The van der Waals surface area contributed by atoms with Crippen LogP contribution in [0.3, 0.4) is 0 Å². The van der Waals surface area contributed by atoms with Crippen molar-refractivity contribution in [3.63, 3.8) is 0 Å². The second-order valence-corrected chi connectivity index (χ2v) is 4.47. The van der Waals surface area contributed by atoms with Gasteiger partial charge >= 0.3 is 5.97 Å². The SMILES string of the molecule is CCC(C)(C(=O)O)n1nnnc1Cc1ccncc1. The van der Waals surface area contributed by atoms with Crippen molar-refractivity contribution in [2.24, 2.45) is 0 Å². The monoisotopic (exact) mass is 261 g/mol. The van der Waals surface area contributed by atoms with Crippen molar-refractivity contribution >= 4 is 5.97 Å². The Bertz CT molecular complexity index is 569. The maximum absolute atomic E-state index is 11.4. The van der Waals surface area contributed by atoms with Gasteiger partial charge in [0.1, 0.15) is 0 Å². The van der Waals surface area contributed by atoms with Crippen molar-refractivity contribution in [1.29, 1.82) is 0 Å². The van der Waals surface area contributed by atoms with Gasteiger partial charge in [0.15, 0.2) is 11.4 Å². The maximum atomic E-state index is 11.4. The van der Waals surface area contributed by atoms with Gasteiger partial charge in [-0.2, -0.15) is 0 Å². The van der Waals surface area contributed by atoms with Gasteiger partial charge in [-0.05, 0) is 41.5 Å². The third kappa shape index (κ3) is 2.44. The van der Waals surface area contributed by atoms with Crippen LogP contribution in [0.15, 0.2) is 24.5 Å². The molecule has 2 aromatic heterocycles. The van der Waals surface area contributed by atoms with Gasteiger partial charge in [-0.1, -0.05) is 6.92 Å². The minimum Gasteiger partial charge on any atom is -0.479 e. The molecule has 2 heterocycles. The number of carboxylic acids is 1. The van der Waals surface area contributed by atoms with Crippen LogP contribution in [0.4, 0.5) is 0 Å². The highest BCUT2D eigenvalue weighted by Gasteiger charge is 2.36. The zero-order valence-corrected chi connectivity index (χ0v) is 10.8. The van der Waals surface area contributed by atoms with Crippen LogP contribution in [0, 0.1) is 0 Å². The molecule has 0 fully saturated rings. The predicted octanol–water partition coefficient (Wildman–Crippen LogP) is 0.869. The first-order valence-electron chi connectivity index (χ1n) is 5.98. The van der Waals surface area contributed by atoms with Gasteiger partial charge < -0.3 is 5.11 Å². The van der Waals surface area contributed by atoms with Crippen LogP contribution in [-0.4, -0.2) is 36.3 Å². The van der Waals surface area contributed by atoms with Gasteiger partial charge in [0.25, 0.3) is 0 Å². The number of hydrogen-bond acceptors (Lipinski definition) is 5. The van der Waals surface area contributed by atoms with E-state index in [9.17, 15) is 9.90 Å². The standard InChI is InChI=1S/C12H15N5O2/c1-3-12(2,11(18)19)17-10(14-15-16-17)8-9-4-6-13-7-5-9/h4-7H,3,8H2,1-2H3,(H,18,19). The number of hydrogen-bond donors (Lipinski definition) is 1. The fourth-order valence-electron chi connectivity index (χ4n) is 1.77. The Balaban J connectivity index is 2.35. The molecule has 1 N–H and O–H groups in total. The van der Waals surface area contributed by atoms with Crippen LogP contribution in [0.5, 0.6) is 0 Å². The first-order chi connectivity index (χ1) is 9.08. The van der Waals surface area contributed by atoms with Crippen LogP contribution < -0.4 is 0 Å². The Morgan fingerprint density at radius 1 is 1.42 bits per heavy atom. The second-order valence-electron chi connectivity index (χ2n) is 4.47. The predicted molar refractivity (Wildman–Crippen MR) is 66.4 cm³/mol. The first kappa shape index (κ1) is 13.1. The van der Waals surface area contributed by atoms with Crippen LogP contribution in [0.2, 0.25) is 0 Å². The van der Waals surface area contributed by atoms with Crippen molar-refractivity contribution in [1.82, 2.24) is 25.2 Å². The molecule has 2 aromatic rings. The Hall–Kier alpha value is -2.31. The first-order valence-corrected chi connectivity index (χ1v) is 5.98. The summed E-state index contributed by atoms with van der Waals surface area (Å²) in [5.74, 6) is -0.420. The molecule has 0 amide bonds. The van der Waals surface area contributed by atoms with Crippen molar-refractivity contribution < 1.29 is 9.90 Å². The number of tetrazole rings is 1. The summed E-state index contributed by atoms with van der Waals surface area (Å²) in [6.45, 7) is 3.41. The van der Waals surface area contributed by atoms with Crippen LogP contribution in [0.1, 0.15) is 31.7 Å². The van der Waals surface area contributed by atoms with Gasteiger partial charge in [-0.15, -0.1) is 5.10 Å². The van der Waals surface area contributed by atoms with Crippen LogP contribution >= 0.6 is 0 Å². The molecule has 2 rings (SSSR count). The van der Waals surface area contributed by atoms with Crippen LogP contribution in [-0.2, 0) is 16.8 Å². The summed E-state index contributed by atoms with van der Waals surface area (Å²) in [6, 6.07) is 3.70. The number of carbonyl (C=O) groups is 1. The van der Waals surface area contributed by atoms with Crippen molar-refractivity contribution in [2.75, 3.05) is 0 Å². The number of aromatic nitrogens is 5. The number of aliphatic carboxylic acids is 1. The Morgan fingerprint density at radius 3 is 2.68 bits per heavy atom. The number of carboxylic acid groups (broad SMARTS) is 1. The molecule has 7 nitrogen and oxygen atoms in total. The quantitative estimate of drug-likeness (QED) is 0.858. The lowest BCUT2D eigenvalue weighted by Gasteiger charge is -2.23. The lowest BCUT2D eigenvalue weighted by Crippen LogP contribution is -2.40. The Morgan fingerprint density at radius 2 is 2.11 bits per heavy atom. The highest BCUT2D eigenvalue weighted by molar-refractivity contribution is 5.76. The molecular weight excluding hydrogens is 246 g/mol. The summed E-state index contributed by atoms with van der Waals surface area (Å²) in [5.41, 5.74) is -0.152. The summed E-state index contributed by atoms with van der Waals surface area (Å²) in [6.07, 6.45) is 4.23. The average Bonchev–Trinajstić information content (AvgIpc) is 2.87. The molecule has 0 spiro atoms. The van der Waals surface area contributed by atoms with E-state index < -0.39 is 11.5 Å². The summed E-state index contributed by atoms with van der Waals surface area (Å²) >= 11 is 0. The van der Waals surface area contributed by atoms with Crippen molar-refractivity contribution in [2.45, 2.75) is 32.2 Å². The number of nitrogens with zero attached hydrogens (tertiary/aromatic N) is 5. The number of rotatable bonds is 5. The summed E-state index contributed by atoms with van der Waals surface area (Å²) in [5, 5.41) is 20.7. The van der Waals surface area contributed by atoms with Gasteiger partial charge in [-0.3, -0.25) is 4.98 Å². The molecule has 19 heavy (non-hydrogen) atoms. The van der Waals surface area contributed by atoms with Crippen molar-refractivity contribution in [3.05, 3.63) is 35.9 Å². The largest absolute Gasteiger partial charge is 0.479 e. The van der Waals surface area contributed by atoms with E-state index in [2.05, 4.69) is 20.5 Å². The van der Waals surface area contributed by atoms with E-state index >= 15 is 0 Å². The van der Waals surface area contributed by atoms with Gasteiger partial charge in [-0.25, -0.2) is 9.48 Å². The number of pyridine rings is 1. The van der Waals surface area contributed by atoms with Gasteiger partial charge in [0.05, 0.1) is 0 Å². The minimum absolute atomic E-state index is 0.400. The molecule has 1 unspecified atom stereocenters. The molecule has 0 aromatic carbocycles. The second kappa shape index (κ2) is 5.13. The minimum atomic E-state index is -1.13. The van der Waals surface area contributed by atoms with E-state index in [1.165, 1.54) is 4.68 Å². The third-order valence-electron chi connectivity index (χ3n) is 3.26. The lowest BCUT2D eigenvalue weighted by atomic mass is 9.99. The molecule has 1 atom stereocenters. The molecule has 7 heteroatoms. The molecule has 0 bridgehead atoms. The van der Waals surface area contributed by atoms with E-state index in [0.717, 1.165) is 5.56 Å². The van der Waals surface area contributed by atoms with Crippen molar-refractivity contribution in [3.8, 4) is 0 Å². The van der Waals surface area contributed by atoms with Crippen LogP contribution in [0.25, 0.3) is 0 Å². The molecule has 0 aliphatic heterocycles. The topological polar surface area (TPSA) is 93.8 Å². The Kier molecular flexibility index (Phi) is 3.55. The van der Waals surface area contributed by atoms with Gasteiger partial charge in [0, 0.05) is 18.8 Å². The molecule has 0 saturated carbocycles. The van der Waals surface area contributed by atoms with E-state index in [1.807, 2.05) is 12.1 Å². The van der Waals surface area contributed by atoms with E-state index in [1.54, 1.807) is 26.2 Å². The summed E-state index contributed by atoms with van der Waals surface area (Å²) < 4.78 is 1.38. The zero-order valence-electron chi connectivity index (χ0n) is 10.8. The smallest absolute Gasteiger partial charge is 0.331 e. The van der Waals surface area contributed by atoms with E-state index in [0.29, 0.717) is 18.7 Å². The fourth-order valence-corrected chi connectivity index (χ4v) is 1.77. The zero-order chi connectivity index (χ0) is 13.9. The normalized spacial score (nSPS) is 14.0. The molecule has 0 radical (unpaired) electrons. The highest BCUT2D eigenvalue weighted by Crippen LogP contribution is 2.21. The maximum Gasteiger partial charge on any atom is 0.331 e. The third-order valence-corrected chi connectivity index (χ3v) is 3.26. The highest BCUT2D eigenvalue weighted by atomic mass is 16.4. The summed E-state index contributed by atoms with van der Waals surface area (Å²) in [4.78, 5) is 15.4. The van der Waals surface area contributed by atoms with E-state index in [-0.39, 0.29) is 0 Å². The fraction of sp³-hybridized carbons (Fsp3) is 0.417. The van der Waals surface area contributed by atoms with Gasteiger partial charge in [0.2, 0.25) is 0 Å². The molecular formula is C12H15N5O2.